The average Bonchev–Trinajstić information content (AvgIpc) is 0.722. The van der Waals surface area contributed by atoms with E-state index in [9.17, 15) is 0 Å². The molecule has 0 saturated carbocycles. The molecule has 32 valence electrons. The van der Waals surface area contributed by atoms with Crippen molar-refractivity contribution < 1.29 is 19.2 Å². The predicted octanol–water partition coefficient (Wildman–Crippen LogP) is -3.37. The third kappa shape index (κ3) is 66.3. The summed E-state index contributed by atoms with van der Waals surface area (Å²) in [6.45, 7) is 0. The maximum atomic E-state index is 7.33. The van der Waals surface area contributed by atoms with Crippen LogP contribution in [0.5, 0.6) is 0 Å². The molecule has 4 nitrogen and oxygen atoms in total. The van der Waals surface area contributed by atoms with Gasteiger partial charge in [0.1, 0.15) is 0 Å². The molecule has 0 aromatic heterocycles. The monoisotopic (exact) mass is 261 g/mol. The molecule has 7 heteroatoms. The van der Waals surface area contributed by atoms with Gasteiger partial charge >= 0.3 is 75.3 Å². The van der Waals surface area contributed by atoms with Gasteiger partial charge in [0.25, 0.3) is 0 Å². The normalized spacial score (nSPS) is 8.57. The summed E-state index contributed by atoms with van der Waals surface area (Å²) in [6.07, 6.45) is 0. The van der Waals surface area contributed by atoms with Crippen LogP contribution in [0.3, 0.4) is 0 Å². The molecule has 0 aromatic carbocycles. The van der Waals surface area contributed by atoms with Crippen LogP contribution in [-0.2, 0) is 0 Å². The van der Waals surface area contributed by atoms with E-state index in [0.29, 0.717) is 0 Å². The quantitative estimate of drug-likeness (QED) is 0.343. The molecule has 4 N–H and O–H groups in total. The molecular formula is H4AlBaO4Si+5. The number of hydrogen-bond acceptors (Lipinski definition) is 4. The van der Waals surface area contributed by atoms with E-state index in [1.54, 1.807) is 0 Å². The van der Waals surface area contributed by atoms with Gasteiger partial charge in [-0.3, -0.25) is 0 Å². The van der Waals surface area contributed by atoms with Crippen LogP contribution in [0, 0.1) is 0 Å². The van der Waals surface area contributed by atoms with Crippen molar-refractivity contribution >= 4 is 75.3 Å². The summed E-state index contributed by atoms with van der Waals surface area (Å²) in [7, 11) is -4.61. The van der Waals surface area contributed by atoms with E-state index in [2.05, 4.69) is 0 Å². The number of rotatable bonds is 0. The molecule has 0 heterocycles. The first-order valence-electron chi connectivity index (χ1n) is 0.894. The van der Waals surface area contributed by atoms with E-state index in [0.717, 1.165) is 0 Å². The Kier molecular flexibility index (Phi) is 14.4. The Bertz CT molecular complexity index is 27.2. The predicted molar refractivity (Wildman–Crippen MR) is 26.1 cm³/mol. The van der Waals surface area contributed by atoms with Crippen LogP contribution >= 0.6 is 0 Å². The molecule has 0 amide bonds. The first-order chi connectivity index (χ1) is 2.00. The van der Waals surface area contributed by atoms with Crippen LogP contribution in [0.1, 0.15) is 0 Å². The third-order valence-corrected chi connectivity index (χ3v) is 0. The average molecular weight is 260 g/mol. The van der Waals surface area contributed by atoms with Crippen molar-refractivity contribution in [2.45, 2.75) is 0 Å². The Labute approximate surface area is 92.9 Å². The summed E-state index contributed by atoms with van der Waals surface area (Å²) in [6, 6.07) is 0. The topological polar surface area (TPSA) is 80.9 Å². The molecule has 0 rings (SSSR count). The van der Waals surface area contributed by atoms with Crippen molar-refractivity contribution in [1.29, 1.82) is 0 Å². The first-order valence-corrected chi connectivity index (χ1v) is 2.68. The standard InChI is InChI=1S/Al.Ba.H4O4Si/c;;1-5(2,3)4/h;;1-4H/q+3;+2;. The zero-order chi connectivity index (χ0) is 4.50. The van der Waals surface area contributed by atoms with Crippen LogP contribution in [0.2, 0.25) is 0 Å². The van der Waals surface area contributed by atoms with Crippen molar-refractivity contribution in [3.63, 3.8) is 0 Å². The molecule has 0 fully saturated rings. The van der Waals surface area contributed by atoms with Crippen molar-refractivity contribution in [2.75, 3.05) is 0 Å². The van der Waals surface area contributed by atoms with Gasteiger partial charge in [-0.2, -0.15) is 0 Å². The van der Waals surface area contributed by atoms with Crippen molar-refractivity contribution in [2.24, 2.45) is 0 Å². The fourth-order valence-electron chi connectivity index (χ4n) is 0. The molecule has 0 atom stereocenters. The van der Waals surface area contributed by atoms with Gasteiger partial charge in [-0.25, -0.2) is 0 Å². The minimum atomic E-state index is -4.61. The molecule has 0 saturated heterocycles. The Morgan fingerprint density at radius 1 is 0.857 bits per heavy atom. The van der Waals surface area contributed by atoms with E-state index in [1.807, 2.05) is 0 Å². The Hall–Kier alpha value is 2.16. The molecule has 0 aromatic rings. The molecule has 0 aliphatic heterocycles. The summed E-state index contributed by atoms with van der Waals surface area (Å²) in [5.41, 5.74) is 0. The fraction of sp³-hybridized carbons (Fsp3) is 0. The minimum absolute atomic E-state index is 0. The maximum Gasteiger partial charge on any atom is 3.00 e. The van der Waals surface area contributed by atoms with Crippen LogP contribution in [0.15, 0.2) is 0 Å². The smallest absolute Gasteiger partial charge is 0.368 e. The first kappa shape index (κ1) is 16.1. The molecular weight excluding hydrogens is 256 g/mol. The molecule has 0 aliphatic carbocycles. The molecule has 0 unspecified atom stereocenters. The minimum Gasteiger partial charge on any atom is -0.368 e. The molecule has 0 spiro atoms. The zero-order valence-corrected chi connectivity index (χ0v) is 10.2. The van der Waals surface area contributed by atoms with E-state index >= 15 is 0 Å². The van der Waals surface area contributed by atoms with E-state index in [-0.39, 0.29) is 66.2 Å². The van der Waals surface area contributed by atoms with Crippen molar-refractivity contribution in [3.05, 3.63) is 0 Å². The van der Waals surface area contributed by atoms with Crippen molar-refractivity contribution in [1.82, 2.24) is 0 Å². The summed E-state index contributed by atoms with van der Waals surface area (Å²) < 4.78 is 0. The van der Waals surface area contributed by atoms with Crippen LogP contribution in [0.25, 0.3) is 0 Å². The molecule has 0 radical (unpaired) electrons. The summed E-state index contributed by atoms with van der Waals surface area (Å²) >= 11 is 0. The van der Waals surface area contributed by atoms with Gasteiger partial charge in [0.2, 0.25) is 0 Å². The van der Waals surface area contributed by atoms with Crippen molar-refractivity contribution in [3.8, 4) is 0 Å². The van der Waals surface area contributed by atoms with Gasteiger partial charge in [-0.1, -0.05) is 0 Å². The maximum absolute atomic E-state index is 7.33. The number of hydrogen-bond donors (Lipinski definition) is 4. The molecule has 0 bridgehead atoms. The van der Waals surface area contributed by atoms with Gasteiger partial charge in [-0.05, 0) is 0 Å². The van der Waals surface area contributed by atoms with Gasteiger partial charge in [-0.15, -0.1) is 0 Å². The Balaban J connectivity index is -0.0000000800. The summed E-state index contributed by atoms with van der Waals surface area (Å²) in [5, 5.41) is 0. The van der Waals surface area contributed by atoms with E-state index < -0.39 is 9.05 Å². The third-order valence-electron chi connectivity index (χ3n) is 0. The second-order valence-electron chi connectivity index (χ2n) is 0.600. The van der Waals surface area contributed by atoms with Crippen LogP contribution < -0.4 is 0 Å². The zero-order valence-electron chi connectivity index (χ0n) is 3.57. The second kappa shape index (κ2) is 6.28. The van der Waals surface area contributed by atoms with Gasteiger partial charge < -0.3 is 19.2 Å². The van der Waals surface area contributed by atoms with Gasteiger partial charge in [0, 0.05) is 0 Å². The van der Waals surface area contributed by atoms with E-state index in [1.165, 1.54) is 0 Å². The van der Waals surface area contributed by atoms with Crippen LogP contribution in [0.4, 0.5) is 0 Å². The summed E-state index contributed by atoms with van der Waals surface area (Å²) in [4.78, 5) is 29.3. The Morgan fingerprint density at radius 2 is 0.857 bits per heavy atom. The molecule has 7 heavy (non-hydrogen) atoms. The van der Waals surface area contributed by atoms with Gasteiger partial charge in [0.05, 0.1) is 0 Å². The van der Waals surface area contributed by atoms with Crippen LogP contribution in [-0.4, -0.2) is 94.5 Å². The SMILES string of the molecule is O[Si](O)(O)O.[Al+3].[Ba+2]. The summed E-state index contributed by atoms with van der Waals surface area (Å²) in [5.74, 6) is 0. The fourth-order valence-corrected chi connectivity index (χ4v) is 0. The second-order valence-corrected chi connectivity index (χ2v) is 1.80. The van der Waals surface area contributed by atoms with Gasteiger partial charge in [0.15, 0.2) is 0 Å². The molecule has 0 aliphatic rings. The van der Waals surface area contributed by atoms with E-state index in [4.69, 9.17) is 19.2 Å². The Morgan fingerprint density at radius 3 is 0.857 bits per heavy atom. The largest absolute Gasteiger partial charge is 3.00 e.